The number of nitrogens with one attached hydrogen (secondary N) is 1. The molecule has 1 N–H and O–H groups in total. The molecule has 1 aliphatic rings. The summed E-state index contributed by atoms with van der Waals surface area (Å²) >= 11 is 0. The fourth-order valence-electron chi connectivity index (χ4n) is 3.28. The number of nitriles is 1. The van der Waals surface area contributed by atoms with Crippen LogP contribution in [0.25, 0.3) is 0 Å². The molecule has 0 spiro atoms. The predicted octanol–water partition coefficient (Wildman–Crippen LogP) is 1.91. The topological polar surface area (TPSA) is 129 Å². The first kappa shape index (κ1) is 23.2. The predicted molar refractivity (Wildman–Crippen MR) is 117 cm³/mol. The van der Waals surface area contributed by atoms with E-state index in [1.54, 1.807) is 56.0 Å². The summed E-state index contributed by atoms with van der Waals surface area (Å²) in [6, 6.07) is 12.0. The van der Waals surface area contributed by atoms with Gasteiger partial charge in [-0.3, -0.25) is 9.52 Å². The number of hydrogen-bond acceptors (Lipinski definition) is 8. The third-order valence-corrected chi connectivity index (χ3v) is 6.11. The van der Waals surface area contributed by atoms with Crippen molar-refractivity contribution in [3.8, 4) is 6.07 Å². The van der Waals surface area contributed by atoms with Gasteiger partial charge in [-0.1, -0.05) is 30.3 Å². The largest absolute Gasteiger partial charge is 0.459 e. The van der Waals surface area contributed by atoms with E-state index in [9.17, 15) is 23.3 Å². The highest BCUT2D eigenvalue weighted by Crippen LogP contribution is 2.28. The Morgan fingerprint density at radius 2 is 1.94 bits per heavy atom. The van der Waals surface area contributed by atoms with E-state index in [0.717, 1.165) is 0 Å². The summed E-state index contributed by atoms with van der Waals surface area (Å²) in [6.45, 7) is 5.52. The van der Waals surface area contributed by atoms with Crippen LogP contribution in [-0.4, -0.2) is 44.5 Å². The number of sulfonamides is 1. The maximum Gasteiger partial charge on any atom is 0.340 e. The van der Waals surface area contributed by atoms with Crippen LogP contribution in [0.15, 0.2) is 36.4 Å². The lowest BCUT2D eigenvalue weighted by Crippen LogP contribution is -2.55. The Morgan fingerprint density at radius 1 is 1.28 bits per heavy atom. The number of aryl methyl sites for hydroxylation is 1. The summed E-state index contributed by atoms with van der Waals surface area (Å²) in [4.78, 5) is 30.7. The van der Waals surface area contributed by atoms with E-state index in [2.05, 4.69) is 9.71 Å². The molecule has 168 valence electrons. The van der Waals surface area contributed by atoms with Crippen LogP contribution in [0.3, 0.4) is 0 Å². The lowest BCUT2D eigenvalue weighted by Gasteiger charge is -2.39. The van der Waals surface area contributed by atoms with Gasteiger partial charge in [-0.2, -0.15) is 5.26 Å². The third kappa shape index (κ3) is 5.42. The molecule has 1 fully saturated rings. The first-order valence-electron chi connectivity index (χ1n) is 10.1. The van der Waals surface area contributed by atoms with E-state index in [0.29, 0.717) is 17.1 Å². The SMILES string of the molecule is Cc1nc(N2CC(C(=O)NS(=O)(=O)Cc3ccccc3)C2)c(C#N)cc1C(=O)OC(C)C. The fraction of sp³-hybridized carbons (Fsp3) is 0.364. The molecule has 1 amide bonds. The van der Waals surface area contributed by atoms with Gasteiger partial charge in [0.2, 0.25) is 15.9 Å². The number of nitrogens with zero attached hydrogens (tertiary/aromatic N) is 3. The van der Waals surface area contributed by atoms with Crippen LogP contribution in [0.1, 0.15) is 41.0 Å². The summed E-state index contributed by atoms with van der Waals surface area (Å²) in [7, 11) is -3.82. The normalized spacial score (nSPS) is 13.9. The van der Waals surface area contributed by atoms with Gasteiger partial charge in [-0.25, -0.2) is 18.2 Å². The van der Waals surface area contributed by atoms with Gasteiger partial charge in [-0.15, -0.1) is 0 Å². The second-order valence-corrected chi connectivity index (χ2v) is 9.59. The Morgan fingerprint density at radius 3 is 2.53 bits per heavy atom. The van der Waals surface area contributed by atoms with Gasteiger partial charge in [0, 0.05) is 13.1 Å². The van der Waals surface area contributed by atoms with Crippen LogP contribution in [0, 0.1) is 24.2 Å². The van der Waals surface area contributed by atoms with Crippen molar-refractivity contribution < 1.29 is 22.7 Å². The average molecular weight is 457 g/mol. The number of esters is 1. The maximum absolute atomic E-state index is 12.4. The van der Waals surface area contributed by atoms with Crippen LogP contribution in [0.2, 0.25) is 0 Å². The Labute approximate surface area is 187 Å². The molecular formula is C22H24N4O5S. The van der Waals surface area contributed by atoms with Crippen molar-refractivity contribution in [1.29, 1.82) is 5.26 Å². The minimum absolute atomic E-state index is 0.182. The minimum atomic E-state index is -3.82. The van der Waals surface area contributed by atoms with E-state index in [4.69, 9.17) is 4.74 Å². The Balaban J connectivity index is 1.65. The van der Waals surface area contributed by atoms with Crippen LogP contribution < -0.4 is 9.62 Å². The molecule has 2 heterocycles. The molecule has 1 aromatic carbocycles. The molecule has 2 aromatic rings. The zero-order valence-electron chi connectivity index (χ0n) is 18.0. The number of aromatic nitrogens is 1. The molecular weight excluding hydrogens is 432 g/mol. The van der Waals surface area contributed by atoms with Crippen molar-refractivity contribution in [2.45, 2.75) is 32.6 Å². The smallest absolute Gasteiger partial charge is 0.340 e. The molecule has 1 aliphatic heterocycles. The zero-order valence-corrected chi connectivity index (χ0v) is 18.8. The van der Waals surface area contributed by atoms with Gasteiger partial charge >= 0.3 is 5.97 Å². The average Bonchev–Trinajstić information content (AvgIpc) is 2.66. The number of hydrogen-bond donors (Lipinski definition) is 1. The standard InChI is InChI=1S/C22H24N4O5S/c1-14(2)31-22(28)19-9-17(10-23)20(24-15(19)3)26-11-18(12-26)21(27)25-32(29,30)13-16-7-5-4-6-8-16/h4-9,14,18H,11-13H2,1-3H3,(H,25,27). The lowest BCUT2D eigenvalue weighted by molar-refractivity contribution is -0.123. The lowest BCUT2D eigenvalue weighted by atomic mass is 9.98. The molecule has 0 unspecified atom stereocenters. The number of carbonyl (C=O) groups excluding carboxylic acids is 2. The van der Waals surface area contributed by atoms with Gasteiger partial charge in [0.1, 0.15) is 11.9 Å². The Bertz CT molecular complexity index is 1170. The number of carbonyl (C=O) groups is 2. The molecule has 32 heavy (non-hydrogen) atoms. The first-order valence-corrected chi connectivity index (χ1v) is 11.7. The minimum Gasteiger partial charge on any atom is -0.459 e. The van der Waals surface area contributed by atoms with E-state index < -0.39 is 27.8 Å². The van der Waals surface area contributed by atoms with Gasteiger partial charge in [0.15, 0.2) is 0 Å². The molecule has 10 heteroatoms. The van der Waals surface area contributed by atoms with Crippen LogP contribution >= 0.6 is 0 Å². The van der Waals surface area contributed by atoms with E-state index in [1.807, 2.05) is 6.07 Å². The number of pyridine rings is 1. The number of anilines is 1. The van der Waals surface area contributed by atoms with Crippen molar-refractivity contribution in [3.63, 3.8) is 0 Å². The summed E-state index contributed by atoms with van der Waals surface area (Å²) in [5.74, 6) is -1.65. The molecule has 3 rings (SSSR count). The Kier molecular flexibility index (Phi) is 6.79. The van der Waals surface area contributed by atoms with Gasteiger partial charge in [0.05, 0.1) is 34.6 Å². The van der Waals surface area contributed by atoms with Gasteiger partial charge in [-0.05, 0) is 32.4 Å². The molecule has 0 saturated carbocycles. The maximum atomic E-state index is 12.4. The van der Waals surface area contributed by atoms with Gasteiger partial charge < -0.3 is 9.64 Å². The van der Waals surface area contributed by atoms with Crippen molar-refractivity contribution in [1.82, 2.24) is 9.71 Å². The quantitative estimate of drug-likeness (QED) is 0.626. The van der Waals surface area contributed by atoms with E-state index in [-0.39, 0.29) is 36.1 Å². The number of amides is 1. The summed E-state index contributed by atoms with van der Waals surface area (Å²) in [5.41, 5.74) is 1.38. The molecule has 1 aromatic heterocycles. The van der Waals surface area contributed by atoms with Crippen LogP contribution in [0.5, 0.6) is 0 Å². The first-order chi connectivity index (χ1) is 15.1. The highest BCUT2D eigenvalue weighted by atomic mass is 32.2. The number of rotatable bonds is 7. The van der Waals surface area contributed by atoms with Crippen molar-refractivity contribution >= 4 is 27.7 Å². The van der Waals surface area contributed by atoms with Crippen molar-refractivity contribution in [2.24, 2.45) is 5.92 Å². The molecule has 0 atom stereocenters. The summed E-state index contributed by atoms with van der Waals surface area (Å²) in [6.07, 6.45) is -0.306. The summed E-state index contributed by atoms with van der Waals surface area (Å²) in [5, 5.41) is 9.51. The second-order valence-electron chi connectivity index (χ2n) is 7.87. The van der Waals surface area contributed by atoms with E-state index >= 15 is 0 Å². The highest BCUT2D eigenvalue weighted by molar-refractivity contribution is 7.89. The molecule has 0 bridgehead atoms. The zero-order chi connectivity index (χ0) is 23.5. The van der Waals surface area contributed by atoms with E-state index in [1.165, 1.54) is 6.07 Å². The Hall–Kier alpha value is -3.45. The van der Waals surface area contributed by atoms with Crippen LogP contribution in [0.4, 0.5) is 5.82 Å². The summed E-state index contributed by atoms with van der Waals surface area (Å²) < 4.78 is 31.9. The monoisotopic (exact) mass is 456 g/mol. The number of ether oxygens (including phenoxy) is 1. The molecule has 0 radical (unpaired) electrons. The number of benzene rings is 1. The van der Waals surface area contributed by atoms with Crippen molar-refractivity contribution in [3.05, 3.63) is 58.8 Å². The molecule has 1 saturated heterocycles. The van der Waals surface area contributed by atoms with Gasteiger partial charge in [0.25, 0.3) is 0 Å². The van der Waals surface area contributed by atoms with Crippen molar-refractivity contribution in [2.75, 3.05) is 18.0 Å². The molecule has 0 aliphatic carbocycles. The molecule has 9 nitrogen and oxygen atoms in total. The fourth-order valence-corrected chi connectivity index (χ4v) is 4.46. The van der Waals surface area contributed by atoms with Crippen LogP contribution in [-0.2, 0) is 25.3 Å². The third-order valence-electron chi connectivity index (χ3n) is 4.88. The second kappa shape index (κ2) is 9.36. The highest BCUT2D eigenvalue weighted by Gasteiger charge is 2.36.